The predicted octanol–water partition coefficient (Wildman–Crippen LogP) is 0.991. The van der Waals surface area contributed by atoms with Gasteiger partial charge in [-0.3, -0.25) is 9.69 Å². The van der Waals surface area contributed by atoms with E-state index in [1.807, 2.05) is 0 Å². The number of hydrogen-bond acceptors (Lipinski definition) is 3. The molecule has 0 spiro atoms. The Morgan fingerprint density at radius 2 is 1.94 bits per heavy atom. The molecule has 0 saturated carbocycles. The first-order chi connectivity index (χ1) is 7.58. The van der Waals surface area contributed by atoms with Gasteiger partial charge in [0.2, 0.25) is 0 Å². The molecule has 16 heavy (non-hydrogen) atoms. The summed E-state index contributed by atoms with van der Waals surface area (Å²) in [5.41, 5.74) is 1.20. The van der Waals surface area contributed by atoms with E-state index in [2.05, 4.69) is 4.99 Å². The highest BCUT2D eigenvalue weighted by atomic mass is 16.3. The molecular formula is C12H11N2O2-. The van der Waals surface area contributed by atoms with Crippen LogP contribution >= 0.6 is 0 Å². The minimum atomic E-state index is -0.122. The average Bonchev–Trinajstić information content (AvgIpc) is 2.50. The summed E-state index contributed by atoms with van der Waals surface area (Å²) in [5.74, 6) is 0.511. The standard InChI is InChI=1S/C12H12N2O2/c1-8-13-11(12(16)14(8)2)7-9-3-5-10(15)6-4-9/h3-7,15H,1-2H3/p-1/b11-7-. The van der Waals surface area contributed by atoms with Gasteiger partial charge >= 0.3 is 0 Å². The van der Waals surface area contributed by atoms with Gasteiger partial charge in [0, 0.05) is 7.05 Å². The Morgan fingerprint density at radius 3 is 2.44 bits per heavy atom. The van der Waals surface area contributed by atoms with Crippen molar-refractivity contribution < 1.29 is 9.90 Å². The van der Waals surface area contributed by atoms with Crippen LogP contribution in [0.3, 0.4) is 0 Å². The number of benzene rings is 1. The van der Waals surface area contributed by atoms with E-state index < -0.39 is 0 Å². The fourth-order valence-corrected chi connectivity index (χ4v) is 1.43. The fourth-order valence-electron chi connectivity index (χ4n) is 1.43. The van der Waals surface area contributed by atoms with Gasteiger partial charge in [0.25, 0.3) is 5.91 Å². The third-order valence-corrected chi connectivity index (χ3v) is 2.47. The minimum absolute atomic E-state index is 0.0447. The molecular weight excluding hydrogens is 204 g/mol. The van der Waals surface area contributed by atoms with Crippen LogP contribution in [0, 0.1) is 0 Å². The quantitative estimate of drug-likeness (QED) is 0.656. The van der Waals surface area contributed by atoms with E-state index in [4.69, 9.17) is 0 Å². The molecule has 82 valence electrons. The summed E-state index contributed by atoms with van der Waals surface area (Å²) in [5, 5.41) is 10.9. The second kappa shape index (κ2) is 3.81. The number of aliphatic imine (C=N–C) groups is 1. The zero-order chi connectivity index (χ0) is 11.7. The normalized spacial score (nSPS) is 18.1. The van der Waals surface area contributed by atoms with Crippen molar-refractivity contribution in [2.75, 3.05) is 7.05 Å². The smallest absolute Gasteiger partial charge is 0.277 e. The number of likely N-dealkylation sites (N-methyl/N-ethyl adjacent to an activating group) is 1. The van der Waals surface area contributed by atoms with Gasteiger partial charge in [-0.1, -0.05) is 24.3 Å². The number of nitrogens with zero attached hydrogens (tertiary/aromatic N) is 2. The van der Waals surface area contributed by atoms with Crippen molar-refractivity contribution in [3.8, 4) is 5.75 Å². The molecule has 1 aromatic rings. The first-order valence-corrected chi connectivity index (χ1v) is 4.90. The van der Waals surface area contributed by atoms with Crippen LogP contribution in [0.2, 0.25) is 0 Å². The third kappa shape index (κ3) is 1.82. The van der Waals surface area contributed by atoms with E-state index in [-0.39, 0.29) is 11.7 Å². The second-order valence-corrected chi connectivity index (χ2v) is 3.62. The number of amidine groups is 1. The molecule has 1 aliphatic rings. The Morgan fingerprint density at radius 1 is 1.31 bits per heavy atom. The third-order valence-electron chi connectivity index (χ3n) is 2.47. The highest BCUT2D eigenvalue weighted by Gasteiger charge is 2.23. The molecule has 1 aliphatic heterocycles. The van der Waals surface area contributed by atoms with Crippen molar-refractivity contribution in [3.05, 3.63) is 35.5 Å². The van der Waals surface area contributed by atoms with Crippen molar-refractivity contribution >= 4 is 17.8 Å². The molecule has 1 amide bonds. The Kier molecular flexibility index (Phi) is 2.48. The maximum absolute atomic E-state index is 11.7. The summed E-state index contributed by atoms with van der Waals surface area (Å²) >= 11 is 0. The summed E-state index contributed by atoms with van der Waals surface area (Å²) < 4.78 is 0. The molecule has 1 heterocycles. The van der Waals surface area contributed by atoms with Gasteiger partial charge in [0.05, 0.1) is 0 Å². The van der Waals surface area contributed by atoms with Crippen molar-refractivity contribution in [2.24, 2.45) is 4.99 Å². The second-order valence-electron chi connectivity index (χ2n) is 3.62. The van der Waals surface area contributed by atoms with Gasteiger partial charge in [-0.25, -0.2) is 4.99 Å². The van der Waals surface area contributed by atoms with Gasteiger partial charge in [-0.15, -0.1) is 5.75 Å². The van der Waals surface area contributed by atoms with Gasteiger partial charge in [-0.2, -0.15) is 0 Å². The topological polar surface area (TPSA) is 55.7 Å². The van der Waals surface area contributed by atoms with Crippen LogP contribution in [-0.2, 0) is 4.79 Å². The number of carbonyl (C=O) groups excluding carboxylic acids is 1. The summed E-state index contributed by atoms with van der Waals surface area (Å²) in [6.07, 6.45) is 1.68. The minimum Gasteiger partial charge on any atom is -0.872 e. The molecule has 0 saturated heterocycles. The van der Waals surface area contributed by atoms with Crippen molar-refractivity contribution in [1.29, 1.82) is 0 Å². The van der Waals surface area contributed by atoms with Crippen LogP contribution in [0.15, 0.2) is 35.0 Å². The predicted molar refractivity (Wildman–Crippen MR) is 59.7 cm³/mol. The zero-order valence-corrected chi connectivity index (χ0v) is 9.10. The SMILES string of the molecule is CC1=N/C(=C\c2ccc([O-])cc2)C(=O)N1C. The summed E-state index contributed by atoms with van der Waals surface area (Å²) in [6, 6.07) is 6.27. The maximum Gasteiger partial charge on any atom is 0.277 e. The Hall–Kier alpha value is -2.10. The van der Waals surface area contributed by atoms with E-state index in [0.29, 0.717) is 11.5 Å². The molecule has 4 nitrogen and oxygen atoms in total. The van der Waals surface area contributed by atoms with Crippen LogP contribution in [0.4, 0.5) is 0 Å². The summed E-state index contributed by atoms with van der Waals surface area (Å²) in [7, 11) is 1.68. The first-order valence-electron chi connectivity index (χ1n) is 4.90. The van der Waals surface area contributed by atoms with Gasteiger partial charge in [-0.05, 0) is 18.6 Å². The number of carbonyl (C=O) groups is 1. The molecule has 0 radical (unpaired) electrons. The number of amides is 1. The Balaban J connectivity index is 2.32. The molecule has 4 heteroatoms. The molecule has 0 N–H and O–H groups in total. The molecule has 1 aromatic carbocycles. The summed E-state index contributed by atoms with van der Waals surface area (Å²) in [4.78, 5) is 17.3. The van der Waals surface area contributed by atoms with Crippen molar-refractivity contribution in [3.63, 3.8) is 0 Å². The lowest BCUT2D eigenvalue weighted by atomic mass is 10.2. The zero-order valence-electron chi connectivity index (χ0n) is 9.10. The van der Waals surface area contributed by atoms with Crippen LogP contribution in [0.5, 0.6) is 5.75 Å². The molecule has 0 bridgehead atoms. The van der Waals surface area contributed by atoms with Crippen LogP contribution < -0.4 is 5.11 Å². The number of hydrogen-bond donors (Lipinski definition) is 0. The fraction of sp³-hybridized carbons (Fsp3) is 0.167. The Labute approximate surface area is 93.5 Å². The van der Waals surface area contributed by atoms with E-state index in [1.54, 1.807) is 32.2 Å². The molecule has 0 aliphatic carbocycles. The molecule has 0 fully saturated rings. The highest BCUT2D eigenvalue weighted by Crippen LogP contribution is 2.17. The average molecular weight is 215 g/mol. The van der Waals surface area contributed by atoms with E-state index in [0.717, 1.165) is 5.56 Å². The van der Waals surface area contributed by atoms with E-state index >= 15 is 0 Å². The van der Waals surface area contributed by atoms with Crippen LogP contribution in [0.25, 0.3) is 6.08 Å². The van der Waals surface area contributed by atoms with Gasteiger partial charge in [0.15, 0.2) is 0 Å². The lowest BCUT2D eigenvalue weighted by Gasteiger charge is -2.06. The molecule has 0 unspecified atom stereocenters. The monoisotopic (exact) mass is 215 g/mol. The van der Waals surface area contributed by atoms with Crippen LogP contribution in [0.1, 0.15) is 12.5 Å². The lowest BCUT2D eigenvalue weighted by molar-refractivity contribution is -0.268. The van der Waals surface area contributed by atoms with E-state index in [1.165, 1.54) is 17.0 Å². The van der Waals surface area contributed by atoms with Gasteiger partial charge < -0.3 is 5.11 Å². The molecule has 0 aromatic heterocycles. The molecule has 2 rings (SSSR count). The lowest BCUT2D eigenvalue weighted by Crippen LogP contribution is -2.25. The van der Waals surface area contributed by atoms with Gasteiger partial charge in [0.1, 0.15) is 11.5 Å². The van der Waals surface area contributed by atoms with E-state index in [9.17, 15) is 9.90 Å². The number of rotatable bonds is 1. The summed E-state index contributed by atoms with van der Waals surface area (Å²) in [6.45, 7) is 1.78. The van der Waals surface area contributed by atoms with Crippen LogP contribution in [-0.4, -0.2) is 23.7 Å². The molecule has 0 atom stereocenters. The maximum atomic E-state index is 11.7. The largest absolute Gasteiger partial charge is 0.872 e. The first kappa shape index (κ1) is 10.4. The van der Waals surface area contributed by atoms with Crippen molar-refractivity contribution in [2.45, 2.75) is 6.92 Å². The van der Waals surface area contributed by atoms with Crippen molar-refractivity contribution in [1.82, 2.24) is 4.90 Å². The highest BCUT2D eigenvalue weighted by molar-refractivity contribution is 6.13. The Bertz CT molecular complexity index is 486.